The molecule has 0 bridgehead atoms. The van der Waals surface area contributed by atoms with E-state index in [0.29, 0.717) is 5.58 Å². The Morgan fingerprint density at radius 2 is 1.75 bits per heavy atom. The summed E-state index contributed by atoms with van der Waals surface area (Å²) in [5, 5.41) is 10.6. The van der Waals surface area contributed by atoms with Gasteiger partial charge in [-0.2, -0.15) is 4.72 Å². The Labute approximate surface area is 173 Å². The first-order valence-corrected chi connectivity index (χ1v) is 10.7. The van der Waals surface area contributed by atoms with Crippen molar-refractivity contribution in [3.05, 3.63) is 63.8 Å². The molecule has 9 heteroatoms. The molecule has 150 valence electrons. The van der Waals surface area contributed by atoms with Crippen LogP contribution in [0.25, 0.3) is 11.0 Å². The number of aliphatic hydroxyl groups excluding tert-OH is 1. The molecule has 6 nitrogen and oxygen atoms in total. The van der Waals surface area contributed by atoms with Crippen LogP contribution in [-0.4, -0.2) is 27.6 Å². The van der Waals surface area contributed by atoms with Crippen molar-refractivity contribution >= 4 is 49.9 Å². The van der Waals surface area contributed by atoms with Crippen molar-refractivity contribution in [1.29, 1.82) is 0 Å². The zero-order valence-corrected chi connectivity index (χ0v) is 17.8. The first kappa shape index (κ1) is 21.0. The minimum atomic E-state index is -4.00. The Balaban J connectivity index is 1.87. The Morgan fingerprint density at radius 1 is 1.11 bits per heavy atom. The molecule has 0 saturated carbocycles. The van der Waals surface area contributed by atoms with Crippen molar-refractivity contribution in [2.75, 3.05) is 19.0 Å². The van der Waals surface area contributed by atoms with Crippen LogP contribution in [0.3, 0.4) is 0 Å². The van der Waals surface area contributed by atoms with E-state index in [9.17, 15) is 13.5 Å². The number of halogens is 2. The van der Waals surface area contributed by atoms with Crippen LogP contribution in [0.1, 0.15) is 29.7 Å². The number of nitrogens with one attached hydrogen (secondary N) is 1. The zero-order valence-electron chi connectivity index (χ0n) is 15.5. The fourth-order valence-corrected chi connectivity index (χ4v) is 4.87. The standard InChI is InChI=1S/C19H20Cl2N2O4S/c1-11(18-14(20)5-4-6-15(18)21)28(25,26)22-19(24)17-9-12-7-8-13(23(2)3)10-16(12)27-17/h4-11,19,22,24H,1-3H3. The maximum Gasteiger partial charge on any atom is 0.221 e. The molecule has 2 N–H and O–H groups in total. The van der Waals surface area contributed by atoms with Gasteiger partial charge in [0.1, 0.15) is 16.6 Å². The molecule has 0 saturated heterocycles. The lowest BCUT2D eigenvalue weighted by atomic mass is 10.2. The van der Waals surface area contributed by atoms with Crippen LogP contribution in [-0.2, 0) is 10.0 Å². The summed E-state index contributed by atoms with van der Waals surface area (Å²) in [6.07, 6.45) is -1.55. The van der Waals surface area contributed by atoms with Gasteiger partial charge in [-0.3, -0.25) is 0 Å². The third-order valence-electron chi connectivity index (χ3n) is 4.46. The highest BCUT2D eigenvalue weighted by Gasteiger charge is 2.30. The zero-order chi connectivity index (χ0) is 20.6. The molecule has 0 aliphatic heterocycles. The highest BCUT2D eigenvalue weighted by Crippen LogP contribution is 2.35. The fourth-order valence-electron chi connectivity index (χ4n) is 2.82. The predicted octanol–water partition coefficient (Wildman–Crippen LogP) is 4.48. The number of hydrogen-bond donors (Lipinski definition) is 2. The van der Waals surface area contributed by atoms with Gasteiger partial charge in [0.15, 0.2) is 6.23 Å². The smallest absolute Gasteiger partial charge is 0.221 e. The van der Waals surface area contributed by atoms with Crippen molar-refractivity contribution in [3.8, 4) is 0 Å². The second-order valence-corrected chi connectivity index (χ2v) is 9.46. The summed E-state index contributed by atoms with van der Waals surface area (Å²) in [4.78, 5) is 1.91. The largest absolute Gasteiger partial charge is 0.457 e. The van der Waals surface area contributed by atoms with Crippen LogP contribution in [0.2, 0.25) is 10.0 Å². The number of anilines is 1. The summed E-state index contributed by atoms with van der Waals surface area (Å²) in [6, 6.07) is 11.9. The van der Waals surface area contributed by atoms with Crippen molar-refractivity contribution < 1.29 is 17.9 Å². The number of aliphatic hydroxyl groups is 1. The normalized spacial score (nSPS) is 14.2. The maximum absolute atomic E-state index is 12.7. The first-order chi connectivity index (χ1) is 13.1. The van der Waals surface area contributed by atoms with Crippen LogP contribution < -0.4 is 9.62 Å². The minimum Gasteiger partial charge on any atom is -0.457 e. The molecule has 1 heterocycles. The van der Waals surface area contributed by atoms with Crippen LogP contribution in [0, 0.1) is 0 Å². The van der Waals surface area contributed by atoms with Gasteiger partial charge in [0.05, 0.1) is 0 Å². The van der Waals surface area contributed by atoms with Gasteiger partial charge in [0, 0.05) is 46.8 Å². The van der Waals surface area contributed by atoms with Crippen molar-refractivity contribution in [1.82, 2.24) is 4.72 Å². The van der Waals surface area contributed by atoms with E-state index in [1.807, 2.05) is 37.2 Å². The first-order valence-electron chi connectivity index (χ1n) is 8.44. The lowest BCUT2D eigenvalue weighted by Crippen LogP contribution is -2.31. The molecule has 0 aliphatic carbocycles. The number of benzene rings is 2. The molecule has 0 radical (unpaired) electrons. The van der Waals surface area contributed by atoms with E-state index in [4.69, 9.17) is 27.6 Å². The van der Waals surface area contributed by atoms with Gasteiger partial charge in [0.25, 0.3) is 0 Å². The van der Waals surface area contributed by atoms with Crippen molar-refractivity contribution in [3.63, 3.8) is 0 Å². The summed E-state index contributed by atoms with van der Waals surface area (Å²) in [5.74, 6) is 0.0898. The Hall–Kier alpha value is -1.77. The molecule has 0 spiro atoms. The third kappa shape index (κ3) is 4.14. The van der Waals surface area contributed by atoms with Gasteiger partial charge in [-0.25, -0.2) is 8.42 Å². The fraction of sp³-hybridized carbons (Fsp3) is 0.263. The summed E-state index contributed by atoms with van der Waals surface area (Å²) >= 11 is 12.2. The number of nitrogens with zero attached hydrogens (tertiary/aromatic N) is 1. The Kier molecular flexibility index (Phi) is 5.93. The molecule has 0 amide bonds. The third-order valence-corrected chi connectivity index (χ3v) is 6.83. The Morgan fingerprint density at radius 3 is 2.36 bits per heavy atom. The predicted molar refractivity (Wildman–Crippen MR) is 112 cm³/mol. The summed E-state index contributed by atoms with van der Waals surface area (Å²) in [6.45, 7) is 1.45. The number of rotatable bonds is 6. The van der Waals surface area contributed by atoms with E-state index in [2.05, 4.69) is 4.72 Å². The number of fused-ring (bicyclic) bond motifs is 1. The van der Waals surface area contributed by atoms with E-state index in [1.54, 1.807) is 24.3 Å². The molecular weight excluding hydrogens is 423 g/mol. The molecular formula is C19H20Cl2N2O4S. The number of furan rings is 1. The monoisotopic (exact) mass is 442 g/mol. The molecule has 0 aliphatic rings. The van der Waals surface area contributed by atoms with E-state index in [-0.39, 0.29) is 21.4 Å². The average molecular weight is 443 g/mol. The van der Waals surface area contributed by atoms with E-state index < -0.39 is 21.5 Å². The molecule has 2 aromatic carbocycles. The number of sulfonamides is 1. The van der Waals surface area contributed by atoms with Gasteiger partial charge in [-0.15, -0.1) is 0 Å². The minimum absolute atomic E-state index is 0.0898. The quantitative estimate of drug-likeness (QED) is 0.549. The van der Waals surface area contributed by atoms with Crippen LogP contribution >= 0.6 is 23.2 Å². The molecule has 2 unspecified atom stereocenters. The number of hydrogen-bond acceptors (Lipinski definition) is 5. The van der Waals surface area contributed by atoms with E-state index in [0.717, 1.165) is 11.1 Å². The van der Waals surface area contributed by atoms with Gasteiger partial charge in [-0.05, 0) is 37.3 Å². The molecule has 2 atom stereocenters. The van der Waals surface area contributed by atoms with Crippen LogP contribution in [0.4, 0.5) is 5.69 Å². The summed E-state index contributed by atoms with van der Waals surface area (Å²) in [5.41, 5.74) is 1.73. The Bertz CT molecular complexity index is 1090. The average Bonchev–Trinajstić information content (AvgIpc) is 3.04. The van der Waals surface area contributed by atoms with Gasteiger partial charge in [0.2, 0.25) is 10.0 Å². The SMILES string of the molecule is CC(c1c(Cl)cccc1Cl)S(=O)(=O)NC(O)c1cc2ccc(N(C)C)cc2o1. The molecule has 28 heavy (non-hydrogen) atoms. The topological polar surface area (TPSA) is 82.8 Å². The molecule has 3 aromatic rings. The van der Waals surface area contributed by atoms with Gasteiger partial charge < -0.3 is 14.4 Å². The van der Waals surface area contributed by atoms with Crippen LogP contribution in [0.5, 0.6) is 0 Å². The second-order valence-electron chi connectivity index (χ2n) is 6.61. The highest BCUT2D eigenvalue weighted by molar-refractivity contribution is 7.89. The van der Waals surface area contributed by atoms with E-state index >= 15 is 0 Å². The maximum atomic E-state index is 12.7. The summed E-state index contributed by atoms with van der Waals surface area (Å²) < 4.78 is 33.4. The highest BCUT2D eigenvalue weighted by atomic mass is 35.5. The van der Waals surface area contributed by atoms with Crippen molar-refractivity contribution in [2.45, 2.75) is 18.4 Å². The molecule has 3 rings (SSSR count). The van der Waals surface area contributed by atoms with Crippen LogP contribution in [0.15, 0.2) is 46.9 Å². The second kappa shape index (κ2) is 7.93. The molecule has 0 fully saturated rings. The summed E-state index contributed by atoms with van der Waals surface area (Å²) in [7, 11) is -0.206. The van der Waals surface area contributed by atoms with Gasteiger partial charge >= 0.3 is 0 Å². The van der Waals surface area contributed by atoms with Crippen molar-refractivity contribution in [2.24, 2.45) is 0 Å². The molecule has 1 aromatic heterocycles. The lowest BCUT2D eigenvalue weighted by molar-refractivity contribution is 0.141. The van der Waals surface area contributed by atoms with Gasteiger partial charge in [-0.1, -0.05) is 29.3 Å². The lowest BCUT2D eigenvalue weighted by Gasteiger charge is -2.18. The van der Waals surface area contributed by atoms with E-state index in [1.165, 1.54) is 6.92 Å².